The fourth-order valence-electron chi connectivity index (χ4n) is 1.55. The topological polar surface area (TPSA) is 34.1 Å². The van der Waals surface area contributed by atoms with Gasteiger partial charge < -0.3 is 0 Å². The maximum atomic E-state index is 12.0. The van der Waals surface area contributed by atoms with Crippen LogP contribution in [0.15, 0.2) is 12.2 Å². The van der Waals surface area contributed by atoms with Crippen LogP contribution in [0.2, 0.25) is 0 Å². The van der Waals surface area contributed by atoms with Crippen LogP contribution >= 0.6 is 0 Å². The molecule has 0 saturated heterocycles. The Labute approximate surface area is 120 Å². The lowest BCUT2D eigenvalue weighted by atomic mass is 9.83. The number of sulfone groups is 1. The van der Waals surface area contributed by atoms with Crippen molar-refractivity contribution >= 4 is 9.84 Å². The lowest BCUT2D eigenvalue weighted by molar-refractivity contribution is 0.285. The summed E-state index contributed by atoms with van der Waals surface area (Å²) in [4.78, 5) is 0. The number of hydrogen-bond acceptors (Lipinski definition) is 2. The summed E-state index contributed by atoms with van der Waals surface area (Å²) < 4.78 is 24.0. The molecule has 0 saturated carbocycles. The van der Waals surface area contributed by atoms with Crippen LogP contribution in [0.4, 0.5) is 0 Å². The zero-order valence-corrected chi connectivity index (χ0v) is 14.6. The lowest BCUT2D eigenvalue weighted by Gasteiger charge is -2.26. The second-order valence-corrected chi connectivity index (χ2v) is 10.1. The zero-order chi connectivity index (χ0) is 15.3. The highest BCUT2D eigenvalue weighted by atomic mass is 32.2. The highest BCUT2D eigenvalue weighted by molar-refractivity contribution is 7.91. The van der Waals surface area contributed by atoms with Crippen molar-refractivity contribution in [1.82, 2.24) is 0 Å². The summed E-state index contributed by atoms with van der Waals surface area (Å²) in [5.41, 5.74) is 0.354. The Bertz CT molecular complexity index is 378. The van der Waals surface area contributed by atoms with Gasteiger partial charge in [0.05, 0.1) is 11.5 Å². The van der Waals surface area contributed by atoms with E-state index in [1.165, 1.54) is 0 Å². The van der Waals surface area contributed by atoms with E-state index in [0.717, 1.165) is 12.8 Å². The Morgan fingerprint density at radius 2 is 1.53 bits per heavy atom. The van der Waals surface area contributed by atoms with Crippen molar-refractivity contribution in [1.29, 1.82) is 0 Å². The largest absolute Gasteiger partial charge is 0.229 e. The van der Waals surface area contributed by atoms with Crippen LogP contribution in [0.5, 0.6) is 0 Å². The van der Waals surface area contributed by atoms with Gasteiger partial charge in [-0.25, -0.2) is 8.42 Å². The SMILES string of the molecule is C[C@@H](CS(=O)(=O)C/C=C/CCC(C)(C)C)C(C)(C)C. The first-order chi connectivity index (χ1) is 8.33. The molecule has 114 valence electrons. The van der Waals surface area contributed by atoms with Crippen molar-refractivity contribution in [2.75, 3.05) is 11.5 Å². The van der Waals surface area contributed by atoms with E-state index in [2.05, 4.69) is 41.5 Å². The van der Waals surface area contributed by atoms with Crippen molar-refractivity contribution in [3.05, 3.63) is 12.2 Å². The van der Waals surface area contributed by atoms with Gasteiger partial charge in [0, 0.05) is 0 Å². The van der Waals surface area contributed by atoms with Crippen molar-refractivity contribution in [2.45, 2.75) is 61.3 Å². The molecule has 0 aromatic carbocycles. The maximum absolute atomic E-state index is 12.0. The number of rotatable bonds is 6. The van der Waals surface area contributed by atoms with Gasteiger partial charge in [-0.1, -0.05) is 60.6 Å². The molecule has 19 heavy (non-hydrogen) atoms. The van der Waals surface area contributed by atoms with Crippen LogP contribution in [0, 0.1) is 16.7 Å². The molecule has 0 aromatic heterocycles. The van der Waals surface area contributed by atoms with Crippen LogP contribution in [0.1, 0.15) is 61.3 Å². The summed E-state index contributed by atoms with van der Waals surface area (Å²) in [5.74, 6) is 0.637. The molecule has 2 nitrogen and oxygen atoms in total. The Hall–Kier alpha value is -0.310. The van der Waals surface area contributed by atoms with E-state index in [-0.39, 0.29) is 22.8 Å². The summed E-state index contributed by atoms with van der Waals surface area (Å²) in [5, 5.41) is 0. The van der Waals surface area contributed by atoms with Gasteiger partial charge in [-0.05, 0) is 29.6 Å². The van der Waals surface area contributed by atoms with Gasteiger partial charge in [-0.3, -0.25) is 0 Å². The summed E-state index contributed by atoms with van der Waals surface area (Å²) in [7, 11) is -2.97. The fourth-order valence-corrected chi connectivity index (χ4v) is 3.37. The molecule has 3 heteroatoms. The van der Waals surface area contributed by atoms with E-state index in [1.54, 1.807) is 0 Å². The predicted molar refractivity (Wildman–Crippen MR) is 85.1 cm³/mol. The molecule has 0 heterocycles. The minimum Gasteiger partial charge on any atom is -0.229 e. The summed E-state index contributed by atoms with van der Waals surface area (Å²) in [6.07, 6.45) is 5.86. The van der Waals surface area contributed by atoms with Crippen LogP contribution < -0.4 is 0 Å². The third-order valence-electron chi connectivity index (χ3n) is 3.56. The quantitative estimate of drug-likeness (QED) is 0.676. The zero-order valence-electron chi connectivity index (χ0n) is 13.8. The van der Waals surface area contributed by atoms with Crippen molar-refractivity contribution in [3.8, 4) is 0 Å². The summed E-state index contributed by atoms with van der Waals surface area (Å²) in [6, 6.07) is 0. The van der Waals surface area contributed by atoms with Crippen LogP contribution in [0.25, 0.3) is 0 Å². The summed E-state index contributed by atoms with van der Waals surface area (Å²) >= 11 is 0. The van der Waals surface area contributed by atoms with Gasteiger partial charge in [0.15, 0.2) is 9.84 Å². The molecule has 0 N–H and O–H groups in total. The first-order valence-corrected chi connectivity index (χ1v) is 9.01. The smallest absolute Gasteiger partial charge is 0.154 e. The van der Waals surface area contributed by atoms with Crippen molar-refractivity contribution < 1.29 is 8.42 Å². The molecule has 0 rings (SSSR count). The molecule has 0 radical (unpaired) electrons. The molecule has 0 aliphatic rings. The standard InChI is InChI=1S/C16H32O2S/c1-14(16(5,6)7)13-19(17,18)12-10-8-9-11-15(2,3)4/h8,10,14H,9,11-13H2,1-7H3/b10-8+/t14-/m0/s1. The van der Waals surface area contributed by atoms with E-state index in [9.17, 15) is 8.42 Å². The number of allylic oxidation sites excluding steroid dienone is 1. The van der Waals surface area contributed by atoms with Gasteiger partial charge in [0.25, 0.3) is 0 Å². The minimum absolute atomic E-state index is 0.0447. The fraction of sp³-hybridized carbons (Fsp3) is 0.875. The van der Waals surface area contributed by atoms with E-state index in [1.807, 2.05) is 19.1 Å². The van der Waals surface area contributed by atoms with Crippen LogP contribution in [-0.2, 0) is 9.84 Å². The Balaban J connectivity index is 4.22. The minimum atomic E-state index is -2.97. The summed E-state index contributed by atoms with van der Waals surface area (Å²) in [6.45, 7) is 14.9. The van der Waals surface area contributed by atoms with E-state index < -0.39 is 9.84 Å². The third-order valence-corrected chi connectivity index (χ3v) is 5.27. The van der Waals surface area contributed by atoms with E-state index in [0.29, 0.717) is 5.41 Å². The molecule has 0 aliphatic carbocycles. The van der Waals surface area contributed by atoms with Crippen LogP contribution in [-0.4, -0.2) is 19.9 Å². The van der Waals surface area contributed by atoms with Gasteiger partial charge in [-0.2, -0.15) is 0 Å². The van der Waals surface area contributed by atoms with E-state index >= 15 is 0 Å². The third kappa shape index (κ3) is 10.2. The van der Waals surface area contributed by atoms with Gasteiger partial charge in [0.2, 0.25) is 0 Å². The normalized spacial score (nSPS) is 15.9. The van der Waals surface area contributed by atoms with Gasteiger partial charge >= 0.3 is 0 Å². The molecule has 0 bridgehead atoms. The molecule has 0 unspecified atom stereocenters. The van der Waals surface area contributed by atoms with Gasteiger partial charge in [0.1, 0.15) is 0 Å². The first kappa shape index (κ1) is 18.7. The Morgan fingerprint density at radius 1 is 1.00 bits per heavy atom. The molecule has 0 fully saturated rings. The Morgan fingerprint density at radius 3 is 1.95 bits per heavy atom. The highest BCUT2D eigenvalue weighted by Crippen LogP contribution is 2.26. The monoisotopic (exact) mass is 288 g/mol. The Kier molecular flexibility index (Phi) is 6.80. The van der Waals surface area contributed by atoms with E-state index in [4.69, 9.17) is 0 Å². The number of hydrogen-bond donors (Lipinski definition) is 0. The molecule has 1 atom stereocenters. The van der Waals surface area contributed by atoms with Crippen molar-refractivity contribution in [3.63, 3.8) is 0 Å². The lowest BCUT2D eigenvalue weighted by Crippen LogP contribution is -2.26. The molecule has 0 aliphatic heterocycles. The maximum Gasteiger partial charge on any atom is 0.154 e. The molecular weight excluding hydrogens is 256 g/mol. The first-order valence-electron chi connectivity index (χ1n) is 7.19. The average molecular weight is 288 g/mol. The second-order valence-electron chi connectivity index (χ2n) is 7.91. The average Bonchev–Trinajstić information content (AvgIpc) is 2.12. The molecule has 0 aromatic rings. The van der Waals surface area contributed by atoms with Crippen LogP contribution in [0.3, 0.4) is 0 Å². The molecule has 0 amide bonds. The second kappa shape index (κ2) is 6.92. The molecular formula is C16H32O2S. The molecule has 0 spiro atoms. The highest BCUT2D eigenvalue weighted by Gasteiger charge is 2.25. The van der Waals surface area contributed by atoms with Gasteiger partial charge in [-0.15, -0.1) is 0 Å². The predicted octanol–water partition coefficient (Wildman–Crippen LogP) is 4.47. The van der Waals surface area contributed by atoms with Crippen molar-refractivity contribution in [2.24, 2.45) is 16.7 Å².